The van der Waals surface area contributed by atoms with Crippen LogP contribution in [0.5, 0.6) is 0 Å². The summed E-state index contributed by atoms with van der Waals surface area (Å²) < 4.78 is 7.55. The van der Waals surface area contributed by atoms with Crippen LogP contribution in [0.4, 0.5) is 4.79 Å². The van der Waals surface area contributed by atoms with E-state index in [0.29, 0.717) is 5.92 Å². The molecule has 5 nitrogen and oxygen atoms in total. The Morgan fingerprint density at radius 2 is 2.32 bits per heavy atom. The summed E-state index contributed by atoms with van der Waals surface area (Å²) >= 11 is 0.791. The molecule has 1 amide bonds. The van der Waals surface area contributed by atoms with Gasteiger partial charge in [0, 0.05) is 0 Å². The fraction of sp³-hybridized carbons (Fsp3) is 0.625. The van der Waals surface area contributed by atoms with Crippen molar-refractivity contribution in [3.63, 3.8) is 0 Å². The van der Waals surface area contributed by atoms with Gasteiger partial charge in [-0.25, -0.2) is 0 Å². The Morgan fingerprint density at radius 1 is 1.55 bits per heavy atom. The van der Waals surface area contributed by atoms with E-state index in [2.05, 4.69) is 25.7 Å². The molecule has 2 heterocycles. The zero-order chi connectivity index (χ0) is 16.2. The Labute approximate surface area is 148 Å². The number of carbonyl (C=O) groups excluding carboxylic acids is 1. The molecule has 0 saturated carbocycles. The molecule has 1 atom stereocenters. The van der Waals surface area contributed by atoms with Gasteiger partial charge in [0.05, 0.1) is 0 Å². The van der Waals surface area contributed by atoms with E-state index < -0.39 is 5.60 Å². The molecule has 0 spiro atoms. The quantitative estimate of drug-likeness (QED) is 0.478. The van der Waals surface area contributed by atoms with Gasteiger partial charge in [0.1, 0.15) is 5.60 Å². The summed E-state index contributed by atoms with van der Waals surface area (Å²) in [5.41, 5.74) is 0.742. The summed E-state index contributed by atoms with van der Waals surface area (Å²) in [5, 5.41) is 0. The molecule has 6 heteroatoms. The van der Waals surface area contributed by atoms with Crippen molar-refractivity contribution in [2.24, 2.45) is 5.92 Å². The molecule has 1 aliphatic heterocycles. The van der Waals surface area contributed by atoms with Crippen LogP contribution in [0.1, 0.15) is 39.3 Å². The first-order valence-corrected chi connectivity index (χ1v) is 9.77. The number of carbonyl (C=O) groups is 1. The normalized spacial score (nSPS) is 19.0. The van der Waals surface area contributed by atoms with E-state index in [1.54, 1.807) is 0 Å². The van der Waals surface area contributed by atoms with Crippen molar-refractivity contribution >= 4 is 32.2 Å². The van der Waals surface area contributed by atoms with Crippen LogP contribution in [-0.2, 0) is 11.2 Å². The Balaban J connectivity index is 1.71. The van der Waals surface area contributed by atoms with Crippen LogP contribution in [0.2, 0.25) is 0 Å². The van der Waals surface area contributed by atoms with Crippen LogP contribution < -0.4 is 0 Å². The number of nitrogens with zero attached hydrogens (tertiary/aromatic N) is 3. The molecule has 0 radical (unpaired) electrons. The summed E-state index contributed by atoms with van der Waals surface area (Å²) in [4.78, 5) is 18.2. The van der Waals surface area contributed by atoms with Crippen molar-refractivity contribution in [3.8, 4) is 0 Å². The Kier molecular flexibility index (Phi) is 6.05. The third-order valence-electron chi connectivity index (χ3n) is 3.51. The first-order valence-electron chi connectivity index (χ1n) is 7.76. The van der Waals surface area contributed by atoms with E-state index in [0.717, 1.165) is 64.1 Å². The number of aromatic nitrogens is 2. The van der Waals surface area contributed by atoms with Gasteiger partial charge >= 0.3 is 123 Å². The summed E-state index contributed by atoms with van der Waals surface area (Å²) in [6, 6.07) is 0. The standard InChI is InChI=1S/C16H24N3O2.Tl/c1-16(2,3)21-15(20)19-9-8-13(11-19)6-4-5-7-14-10-17-12-18-14;/h4,6,10,12-13H,5,7-9,11H2,1-3H3;/q-1;+1/b6-4+;/t13-;/m1./s1. The van der Waals surface area contributed by atoms with Gasteiger partial charge in [-0.15, -0.1) is 0 Å². The third-order valence-corrected chi connectivity index (χ3v) is 4.60. The van der Waals surface area contributed by atoms with Crippen LogP contribution >= 0.6 is 0 Å². The number of aryl methyl sites for hydroxylation is 1. The molecule has 1 fully saturated rings. The van der Waals surface area contributed by atoms with Crippen LogP contribution in [-0.4, -0.2) is 63.1 Å². The number of hydrogen-bond donors (Lipinski definition) is 0. The minimum atomic E-state index is -0.420. The Bertz CT molecular complexity index is 534. The molecule has 0 unspecified atom stereocenters. The number of imidazole rings is 1. The molecule has 1 aliphatic rings. The van der Waals surface area contributed by atoms with E-state index >= 15 is 0 Å². The number of hydrogen-bond acceptors (Lipinski definition) is 3. The van der Waals surface area contributed by atoms with Crippen molar-refractivity contribution in [2.75, 3.05) is 13.1 Å². The molecule has 0 aromatic carbocycles. The van der Waals surface area contributed by atoms with Crippen LogP contribution in [0, 0.1) is 5.92 Å². The average molecular weight is 495 g/mol. The second-order valence-electron chi connectivity index (χ2n) is 6.75. The predicted molar refractivity (Wildman–Crippen MR) is 86.8 cm³/mol. The molecule has 0 bridgehead atoms. The van der Waals surface area contributed by atoms with E-state index in [-0.39, 0.29) is 6.09 Å². The number of allylic oxidation sites excluding steroid dienone is 1. The first kappa shape index (κ1) is 17.5. The van der Waals surface area contributed by atoms with Gasteiger partial charge in [-0.05, 0) is 20.8 Å². The van der Waals surface area contributed by atoms with Gasteiger partial charge in [-0.1, -0.05) is 0 Å². The van der Waals surface area contributed by atoms with Gasteiger partial charge in [-0.3, -0.25) is 0 Å². The van der Waals surface area contributed by atoms with E-state index in [9.17, 15) is 4.79 Å². The SMILES string of the molecule is CC(C)(C)OC(=O)N1CC[C@@H](/C=C/CCc2c[n]([Tl])cn2)C1. The second-order valence-corrected chi connectivity index (χ2v) is 9.07. The monoisotopic (exact) mass is 495 g/mol. The molecule has 1 aromatic rings. The summed E-state index contributed by atoms with van der Waals surface area (Å²) in [6.07, 6.45) is 11.3. The van der Waals surface area contributed by atoms with Gasteiger partial charge in [0.15, 0.2) is 0 Å². The maximum atomic E-state index is 12.0. The average Bonchev–Trinajstić information content (AvgIpc) is 3.02. The van der Waals surface area contributed by atoms with Gasteiger partial charge in [-0.2, -0.15) is 0 Å². The summed E-state index contributed by atoms with van der Waals surface area (Å²) in [6.45, 7) is 7.26. The number of rotatable bonds is 4. The fourth-order valence-corrected chi connectivity index (χ4v) is 3.39. The first-order chi connectivity index (χ1) is 10.3. The maximum absolute atomic E-state index is 12.0. The van der Waals surface area contributed by atoms with E-state index in [1.807, 2.05) is 32.0 Å². The van der Waals surface area contributed by atoms with Crippen LogP contribution in [0.3, 0.4) is 0 Å². The topological polar surface area (TPSA) is 47.4 Å². The zero-order valence-electron chi connectivity index (χ0n) is 13.7. The molecule has 0 aliphatic carbocycles. The van der Waals surface area contributed by atoms with Crippen molar-refractivity contribution in [1.29, 1.82) is 0 Å². The molecule has 1 aromatic heterocycles. The fourth-order valence-electron chi connectivity index (χ4n) is 2.47. The molecule has 1 saturated heterocycles. The van der Waals surface area contributed by atoms with Crippen molar-refractivity contribution in [1.82, 2.24) is 12.3 Å². The number of ether oxygens (including phenoxy) is 1. The molecule has 2 rings (SSSR count). The number of amides is 1. The van der Waals surface area contributed by atoms with E-state index in [4.69, 9.17) is 4.74 Å². The van der Waals surface area contributed by atoms with Crippen LogP contribution in [0.25, 0.3) is 0 Å². The molecule has 22 heavy (non-hydrogen) atoms. The molecular formula is C16H24N3O2Tl. The van der Waals surface area contributed by atoms with Crippen molar-refractivity contribution in [3.05, 3.63) is 30.4 Å². The van der Waals surface area contributed by atoms with Crippen molar-refractivity contribution < 1.29 is 9.53 Å². The zero-order valence-corrected chi connectivity index (χ0v) is 18.1. The molecule has 118 valence electrons. The van der Waals surface area contributed by atoms with Gasteiger partial charge in [0.25, 0.3) is 0 Å². The van der Waals surface area contributed by atoms with Gasteiger partial charge in [0.2, 0.25) is 0 Å². The van der Waals surface area contributed by atoms with E-state index in [1.165, 1.54) is 0 Å². The minimum absolute atomic E-state index is 0.193. The number of likely N-dealkylation sites (tertiary alicyclic amines) is 1. The third kappa shape index (κ3) is 5.74. The van der Waals surface area contributed by atoms with Crippen molar-refractivity contribution in [2.45, 2.75) is 45.6 Å². The summed E-state index contributed by atoms with van der Waals surface area (Å²) in [7, 11) is 0. The Hall–Kier alpha value is -0.858. The molecular weight excluding hydrogens is 471 g/mol. The second kappa shape index (κ2) is 7.61. The molecule has 0 N–H and O–H groups in total. The Morgan fingerprint density at radius 3 is 2.95 bits per heavy atom. The van der Waals surface area contributed by atoms with Gasteiger partial charge < -0.3 is 0 Å². The predicted octanol–water partition coefficient (Wildman–Crippen LogP) is 2.56. The van der Waals surface area contributed by atoms with Crippen LogP contribution in [0.15, 0.2) is 24.7 Å². The summed E-state index contributed by atoms with van der Waals surface area (Å²) in [5.74, 6) is 0.449.